The minimum absolute atomic E-state index is 0.183. The first-order valence-electron chi connectivity index (χ1n) is 10.3. The van der Waals surface area contributed by atoms with Gasteiger partial charge in [-0.2, -0.15) is 5.10 Å². The van der Waals surface area contributed by atoms with Gasteiger partial charge in [-0.1, -0.05) is 40.2 Å². The van der Waals surface area contributed by atoms with Crippen molar-refractivity contribution in [3.63, 3.8) is 0 Å². The molecule has 0 saturated heterocycles. The predicted octanol–water partition coefficient (Wildman–Crippen LogP) is 5.13. The molecular weight excluding hydrogens is 534 g/mol. The molecule has 0 aliphatic rings. The number of sulfonamides is 1. The van der Waals surface area contributed by atoms with Gasteiger partial charge in [-0.25, -0.2) is 22.4 Å². The summed E-state index contributed by atoms with van der Waals surface area (Å²) in [4.78, 5) is 9.93. The van der Waals surface area contributed by atoms with Crippen LogP contribution in [0.2, 0.25) is 0 Å². The first-order chi connectivity index (χ1) is 16.3. The van der Waals surface area contributed by atoms with Crippen LogP contribution in [0.25, 0.3) is 11.3 Å². The fraction of sp³-hybridized carbons (Fsp3) is 0.125. The topological polar surface area (TPSA) is 79.9 Å². The summed E-state index contributed by atoms with van der Waals surface area (Å²) in [6.45, 7) is 1.90. The van der Waals surface area contributed by atoms with E-state index in [0.29, 0.717) is 10.5 Å². The number of hydrogen-bond acceptors (Lipinski definition) is 6. The Morgan fingerprint density at radius 1 is 1.06 bits per heavy atom. The van der Waals surface area contributed by atoms with E-state index in [0.717, 1.165) is 27.1 Å². The molecule has 0 aliphatic heterocycles. The molecule has 0 fully saturated rings. The van der Waals surface area contributed by atoms with E-state index in [4.69, 9.17) is 10.1 Å². The van der Waals surface area contributed by atoms with E-state index < -0.39 is 10.0 Å². The molecule has 10 heteroatoms. The van der Waals surface area contributed by atoms with Crippen molar-refractivity contribution in [2.75, 3.05) is 14.1 Å². The van der Waals surface area contributed by atoms with Crippen molar-refractivity contribution in [1.29, 1.82) is 0 Å². The summed E-state index contributed by atoms with van der Waals surface area (Å²) in [7, 11) is -0.557. The molecule has 0 N–H and O–H groups in total. The van der Waals surface area contributed by atoms with Crippen molar-refractivity contribution < 1.29 is 8.42 Å². The Hall–Kier alpha value is -2.92. The number of benzene rings is 2. The Balaban J connectivity index is 1.89. The Labute approximate surface area is 211 Å². The molecule has 174 valence electrons. The zero-order valence-electron chi connectivity index (χ0n) is 18.8. The number of rotatable bonds is 6. The van der Waals surface area contributed by atoms with Gasteiger partial charge in [0.25, 0.3) is 0 Å². The monoisotopic (exact) mass is 555 g/mol. The SMILES string of the molecule is CC(=Nn1c(-c2ccc(Br)cc2)csc1=Nc1cccc(S(=O)(=O)N(C)C)c1)c1ccccn1. The fourth-order valence-electron chi connectivity index (χ4n) is 3.11. The quantitative estimate of drug-likeness (QED) is 0.309. The number of pyridine rings is 1. The fourth-order valence-corrected chi connectivity index (χ4v) is 5.16. The molecule has 2 heterocycles. The molecule has 2 aromatic carbocycles. The summed E-state index contributed by atoms with van der Waals surface area (Å²) in [5.41, 5.74) is 3.84. The number of hydrogen-bond donors (Lipinski definition) is 0. The highest BCUT2D eigenvalue weighted by Gasteiger charge is 2.17. The molecule has 0 radical (unpaired) electrons. The van der Waals surface area contributed by atoms with E-state index in [9.17, 15) is 8.42 Å². The van der Waals surface area contributed by atoms with E-state index in [-0.39, 0.29) is 4.90 Å². The van der Waals surface area contributed by atoms with E-state index in [2.05, 4.69) is 20.9 Å². The third-order valence-electron chi connectivity index (χ3n) is 4.93. The van der Waals surface area contributed by atoms with E-state index in [1.807, 2.05) is 54.8 Å². The van der Waals surface area contributed by atoms with Crippen LogP contribution in [0.1, 0.15) is 12.6 Å². The molecule has 0 saturated carbocycles. The lowest BCUT2D eigenvalue weighted by atomic mass is 10.2. The van der Waals surface area contributed by atoms with Crippen molar-refractivity contribution in [1.82, 2.24) is 14.0 Å². The Kier molecular flexibility index (Phi) is 7.22. The Bertz CT molecular complexity index is 1510. The van der Waals surface area contributed by atoms with Crippen LogP contribution in [0.3, 0.4) is 0 Å². The lowest BCUT2D eigenvalue weighted by Crippen LogP contribution is -2.22. The lowest BCUT2D eigenvalue weighted by Gasteiger charge is -2.11. The van der Waals surface area contributed by atoms with Gasteiger partial charge >= 0.3 is 0 Å². The number of thiazole rings is 1. The van der Waals surface area contributed by atoms with Crippen LogP contribution < -0.4 is 4.80 Å². The molecule has 0 amide bonds. The summed E-state index contributed by atoms with van der Waals surface area (Å²) in [6.07, 6.45) is 1.73. The van der Waals surface area contributed by atoms with E-state index in [1.54, 1.807) is 35.1 Å². The van der Waals surface area contributed by atoms with Gasteiger partial charge in [0, 0.05) is 35.7 Å². The molecule has 0 bridgehead atoms. The first kappa shape index (κ1) is 24.2. The van der Waals surface area contributed by atoms with Gasteiger partial charge in [0.15, 0.2) is 0 Å². The molecule has 7 nitrogen and oxygen atoms in total. The van der Waals surface area contributed by atoms with Gasteiger partial charge in [-0.05, 0) is 49.4 Å². The second-order valence-corrected chi connectivity index (χ2v) is 11.4. The van der Waals surface area contributed by atoms with Gasteiger partial charge < -0.3 is 0 Å². The molecule has 0 aliphatic carbocycles. The molecular formula is C24H22BrN5O2S2. The minimum Gasteiger partial charge on any atom is -0.255 e. The molecule has 0 atom stereocenters. The van der Waals surface area contributed by atoms with Crippen molar-refractivity contribution in [2.45, 2.75) is 11.8 Å². The standard InChI is InChI=1S/C24H22BrN5O2S2/c1-17(22-9-4-5-14-26-22)28-30-23(18-10-12-19(25)13-11-18)16-33-24(30)27-20-7-6-8-21(15-20)34(31,32)29(2)3/h4-16H,1-3H3. The van der Waals surface area contributed by atoms with Crippen molar-refractivity contribution >= 4 is 48.7 Å². The minimum atomic E-state index is -3.57. The maximum Gasteiger partial charge on any atom is 0.242 e. The van der Waals surface area contributed by atoms with Crippen LogP contribution in [0.4, 0.5) is 5.69 Å². The van der Waals surface area contributed by atoms with Gasteiger partial charge in [0.05, 0.1) is 27.7 Å². The summed E-state index contributed by atoms with van der Waals surface area (Å²) >= 11 is 4.90. The highest BCUT2D eigenvalue weighted by molar-refractivity contribution is 9.10. The number of aromatic nitrogens is 2. The average molecular weight is 557 g/mol. The van der Waals surface area contributed by atoms with Crippen molar-refractivity contribution in [2.24, 2.45) is 10.1 Å². The highest BCUT2D eigenvalue weighted by Crippen LogP contribution is 2.24. The van der Waals surface area contributed by atoms with E-state index >= 15 is 0 Å². The van der Waals surface area contributed by atoms with Crippen LogP contribution in [0.15, 0.2) is 97.8 Å². The third kappa shape index (κ3) is 5.25. The second kappa shape index (κ2) is 10.1. The van der Waals surface area contributed by atoms with Gasteiger partial charge in [-0.3, -0.25) is 4.98 Å². The smallest absolute Gasteiger partial charge is 0.242 e. The van der Waals surface area contributed by atoms with Gasteiger partial charge in [0.2, 0.25) is 14.8 Å². The zero-order chi connectivity index (χ0) is 24.3. The van der Waals surface area contributed by atoms with Gasteiger partial charge in [0.1, 0.15) is 0 Å². The van der Waals surface area contributed by atoms with Crippen LogP contribution in [0.5, 0.6) is 0 Å². The molecule has 0 spiro atoms. The molecule has 4 aromatic rings. The summed E-state index contributed by atoms with van der Waals surface area (Å²) in [5.74, 6) is 0. The number of nitrogens with zero attached hydrogens (tertiary/aromatic N) is 5. The molecule has 0 unspecified atom stereocenters. The molecule has 34 heavy (non-hydrogen) atoms. The summed E-state index contributed by atoms with van der Waals surface area (Å²) < 4.78 is 29.1. The van der Waals surface area contributed by atoms with Crippen molar-refractivity contribution in [3.8, 4) is 11.3 Å². The third-order valence-corrected chi connectivity index (χ3v) is 8.09. The summed E-state index contributed by atoms with van der Waals surface area (Å²) in [6, 6.07) is 20.2. The van der Waals surface area contributed by atoms with Gasteiger partial charge in [-0.15, -0.1) is 11.3 Å². The Morgan fingerprint density at radius 3 is 2.50 bits per heavy atom. The molecule has 4 rings (SSSR count). The van der Waals surface area contributed by atoms with Crippen LogP contribution in [-0.2, 0) is 10.0 Å². The maximum atomic E-state index is 12.6. The largest absolute Gasteiger partial charge is 0.255 e. The predicted molar refractivity (Wildman–Crippen MR) is 140 cm³/mol. The lowest BCUT2D eigenvalue weighted by molar-refractivity contribution is 0.521. The van der Waals surface area contributed by atoms with E-state index in [1.165, 1.54) is 29.7 Å². The van der Waals surface area contributed by atoms with Crippen LogP contribution in [-0.4, -0.2) is 42.2 Å². The zero-order valence-corrected chi connectivity index (χ0v) is 22.0. The second-order valence-electron chi connectivity index (χ2n) is 7.52. The normalized spacial score (nSPS) is 13.0. The average Bonchev–Trinajstić information content (AvgIpc) is 3.22. The van der Waals surface area contributed by atoms with Crippen LogP contribution >= 0.6 is 27.3 Å². The van der Waals surface area contributed by atoms with Crippen LogP contribution in [0, 0.1) is 0 Å². The highest BCUT2D eigenvalue weighted by atomic mass is 79.9. The number of halogens is 1. The van der Waals surface area contributed by atoms with Crippen molar-refractivity contribution in [3.05, 3.63) is 93.3 Å². The maximum absolute atomic E-state index is 12.6. The summed E-state index contributed by atoms with van der Waals surface area (Å²) in [5, 5.41) is 6.82. The first-order valence-corrected chi connectivity index (χ1v) is 13.4. The molecule has 2 aromatic heterocycles. The Morgan fingerprint density at radius 2 is 1.82 bits per heavy atom.